The number of thiophene rings is 1. The zero-order valence-electron chi connectivity index (χ0n) is 13.4. The molecule has 1 fully saturated rings. The average Bonchev–Trinajstić information content (AvgIpc) is 3.22. The summed E-state index contributed by atoms with van der Waals surface area (Å²) in [4.78, 5) is 20.1. The lowest BCUT2D eigenvalue weighted by atomic mass is 9.97. The lowest BCUT2D eigenvalue weighted by Crippen LogP contribution is -2.29. The van der Waals surface area contributed by atoms with Crippen molar-refractivity contribution in [1.29, 1.82) is 5.26 Å². The summed E-state index contributed by atoms with van der Waals surface area (Å²) < 4.78 is 7.47. The van der Waals surface area contributed by atoms with E-state index >= 15 is 0 Å². The second-order valence-corrected chi connectivity index (χ2v) is 8.31. The standard InChI is InChI=1S/C17H19N3O2S2/c18-7-9-23-17-19-15-14(12-5-1-2-6-13(12)24-15)16(21)20(17)10-11-4-3-8-22-11/h11H,1-6,8-10H2/t11-/m0/s1. The van der Waals surface area contributed by atoms with Crippen LogP contribution in [0.5, 0.6) is 0 Å². The van der Waals surface area contributed by atoms with Gasteiger partial charge in [-0.15, -0.1) is 11.3 Å². The van der Waals surface area contributed by atoms with Crippen molar-refractivity contribution < 1.29 is 4.74 Å². The van der Waals surface area contributed by atoms with Gasteiger partial charge in [0.1, 0.15) is 4.83 Å². The molecule has 1 saturated heterocycles. The van der Waals surface area contributed by atoms with Crippen molar-refractivity contribution in [1.82, 2.24) is 9.55 Å². The van der Waals surface area contributed by atoms with E-state index in [1.54, 1.807) is 15.9 Å². The molecule has 0 aromatic carbocycles. The molecule has 2 aromatic heterocycles. The topological polar surface area (TPSA) is 67.9 Å². The van der Waals surface area contributed by atoms with Gasteiger partial charge in [0.2, 0.25) is 0 Å². The minimum atomic E-state index is 0.0512. The average molecular weight is 361 g/mol. The lowest BCUT2D eigenvalue weighted by molar-refractivity contribution is 0.0937. The van der Waals surface area contributed by atoms with E-state index in [0.717, 1.165) is 48.9 Å². The molecule has 0 N–H and O–H groups in total. The molecular formula is C17H19N3O2S2. The van der Waals surface area contributed by atoms with E-state index in [1.807, 2.05) is 0 Å². The number of fused-ring (bicyclic) bond motifs is 3. The number of hydrogen-bond acceptors (Lipinski definition) is 6. The zero-order valence-corrected chi connectivity index (χ0v) is 15.0. The molecule has 0 saturated carbocycles. The highest BCUT2D eigenvalue weighted by molar-refractivity contribution is 7.99. The number of aromatic nitrogens is 2. The highest BCUT2D eigenvalue weighted by Crippen LogP contribution is 2.34. The van der Waals surface area contributed by atoms with Crippen molar-refractivity contribution >= 4 is 33.3 Å². The second kappa shape index (κ2) is 6.87. The number of nitrogens with zero attached hydrogens (tertiary/aromatic N) is 3. The Balaban J connectivity index is 1.84. The third-order valence-electron chi connectivity index (χ3n) is 4.72. The second-order valence-electron chi connectivity index (χ2n) is 6.28. The number of thioether (sulfide) groups is 1. The van der Waals surface area contributed by atoms with Gasteiger partial charge in [-0.3, -0.25) is 9.36 Å². The number of ether oxygens (including phenoxy) is 1. The molecule has 1 atom stereocenters. The summed E-state index contributed by atoms with van der Waals surface area (Å²) in [7, 11) is 0. The Morgan fingerprint density at radius 3 is 3.04 bits per heavy atom. The molecule has 1 aliphatic heterocycles. The first-order chi connectivity index (χ1) is 11.8. The van der Waals surface area contributed by atoms with Crippen LogP contribution in [0.3, 0.4) is 0 Å². The maximum Gasteiger partial charge on any atom is 0.263 e. The Hall–Kier alpha value is -1.36. The van der Waals surface area contributed by atoms with Crippen LogP contribution in [0, 0.1) is 11.3 Å². The Kier molecular flexibility index (Phi) is 4.61. The van der Waals surface area contributed by atoms with Crippen LogP contribution in [0.4, 0.5) is 0 Å². The molecule has 5 nitrogen and oxygen atoms in total. The molecule has 3 heterocycles. The fourth-order valence-corrected chi connectivity index (χ4v) is 5.55. The summed E-state index contributed by atoms with van der Waals surface area (Å²) in [5, 5.41) is 10.4. The third kappa shape index (κ3) is 2.87. The fraction of sp³-hybridized carbons (Fsp3) is 0.588. The van der Waals surface area contributed by atoms with Crippen LogP contribution in [0.25, 0.3) is 10.2 Å². The van der Waals surface area contributed by atoms with Gasteiger partial charge in [-0.25, -0.2) is 4.98 Å². The number of nitriles is 1. The van der Waals surface area contributed by atoms with Gasteiger partial charge >= 0.3 is 0 Å². The summed E-state index contributed by atoms with van der Waals surface area (Å²) in [5.41, 5.74) is 1.27. The largest absolute Gasteiger partial charge is 0.376 e. The first kappa shape index (κ1) is 16.1. The van der Waals surface area contributed by atoms with Gasteiger partial charge in [0.25, 0.3) is 5.56 Å². The van der Waals surface area contributed by atoms with Crippen molar-refractivity contribution in [2.24, 2.45) is 0 Å². The quantitative estimate of drug-likeness (QED) is 0.618. The minimum absolute atomic E-state index is 0.0512. The highest BCUT2D eigenvalue weighted by atomic mass is 32.2. The zero-order chi connectivity index (χ0) is 16.5. The molecule has 4 rings (SSSR count). The Labute approximate surface area is 148 Å². The third-order valence-corrected chi connectivity index (χ3v) is 6.74. The van der Waals surface area contributed by atoms with Crippen LogP contribution < -0.4 is 5.56 Å². The molecule has 24 heavy (non-hydrogen) atoms. The van der Waals surface area contributed by atoms with Crippen LogP contribution in [-0.4, -0.2) is 28.0 Å². The van der Waals surface area contributed by atoms with Gasteiger partial charge in [-0.1, -0.05) is 11.8 Å². The molecule has 0 bridgehead atoms. The summed E-state index contributed by atoms with van der Waals surface area (Å²) >= 11 is 3.01. The van der Waals surface area contributed by atoms with E-state index in [9.17, 15) is 4.79 Å². The molecule has 2 aliphatic rings. The lowest BCUT2D eigenvalue weighted by Gasteiger charge is -2.16. The van der Waals surface area contributed by atoms with Gasteiger partial charge in [0.15, 0.2) is 5.16 Å². The number of hydrogen-bond donors (Lipinski definition) is 0. The van der Waals surface area contributed by atoms with Crippen LogP contribution in [-0.2, 0) is 24.1 Å². The van der Waals surface area contributed by atoms with E-state index in [0.29, 0.717) is 17.5 Å². The maximum atomic E-state index is 13.2. The van der Waals surface area contributed by atoms with Crippen molar-refractivity contribution in [3.8, 4) is 6.07 Å². The van der Waals surface area contributed by atoms with Gasteiger partial charge in [0.05, 0.1) is 29.9 Å². The van der Waals surface area contributed by atoms with Crippen LogP contribution in [0.2, 0.25) is 0 Å². The molecule has 1 aliphatic carbocycles. The van der Waals surface area contributed by atoms with E-state index < -0.39 is 0 Å². The number of rotatable bonds is 4. The molecule has 7 heteroatoms. The molecule has 2 aromatic rings. The molecule has 0 unspecified atom stereocenters. The Bertz CT molecular complexity index is 859. The summed E-state index contributed by atoms with van der Waals surface area (Å²) in [6.07, 6.45) is 6.49. The molecule has 0 amide bonds. The van der Waals surface area contributed by atoms with E-state index in [2.05, 4.69) is 6.07 Å². The van der Waals surface area contributed by atoms with Crippen LogP contribution >= 0.6 is 23.1 Å². The van der Waals surface area contributed by atoms with E-state index in [4.69, 9.17) is 15.0 Å². The molecule has 0 radical (unpaired) electrons. The van der Waals surface area contributed by atoms with Crippen molar-refractivity contribution in [2.75, 3.05) is 12.4 Å². The predicted octanol–water partition coefficient (Wildman–Crippen LogP) is 3.13. The summed E-state index contributed by atoms with van der Waals surface area (Å²) in [6, 6.07) is 2.13. The molecule has 0 spiro atoms. The smallest absolute Gasteiger partial charge is 0.263 e. The van der Waals surface area contributed by atoms with Crippen molar-refractivity contribution in [3.63, 3.8) is 0 Å². The fourth-order valence-electron chi connectivity index (χ4n) is 3.58. The summed E-state index contributed by atoms with van der Waals surface area (Å²) in [6.45, 7) is 1.31. The Morgan fingerprint density at radius 2 is 2.25 bits per heavy atom. The monoisotopic (exact) mass is 361 g/mol. The minimum Gasteiger partial charge on any atom is -0.376 e. The van der Waals surface area contributed by atoms with Crippen LogP contribution in [0.15, 0.2) is 9.95 Å². The maximum absolute atomic E-state index is 13.2. The first-order valence-corrected chi connectivity index (χ1v) is 10.2. The van der Waals surface area contributed by atoms with Gasteiger partial charge < -0.3 is 4.74 Å². The highest BCUT2D eigenvalue weighted by Gasteiger charge is 2.24. The van der Waals surface area contributed by atoms with Gasteiger partial charge in [-0.2, -0.15) is 5.26 Å². The summed E-state index contributed by atoms with van der Waals surface area (Å²) in [5.74, 6) is 0.300. The normalized spacial score (nSPS) is 20.2. The van der Waals surface area contributed by atoms with Crippen molar-refractivity contribution in [2.45, 2.75) is 56.3 Å². The number of aryl methyl sites for hydroxylation is 2. The molecule has 126 valence electrons. The SMILES string of the molecule is N#CCSc1nc2sc3c(c2c(=O)n1C[C@@H]1CCCO1)CCCC3. The van der Waals surface area contributed by atoms with Gasteiger partial charge in [0, 0.05) is 11.5 Å². The van der Waals surface area contributed by atoms with E-state index in [1.165, 1.54) is 28.6 Å². The van der Waals surface area contributed by atoms with Gasteiger partial charge in [-0.05, 0) is 44.1 Å². The molecular weight excluding hydrogens is 342 g/mol. The Morgan fingerprint density at radius 1 is 1.38 bits per heavy atom. The van der Waals surface area contributed by atoms with Crippen LogP contribution in [0.1, 0.15) is 36.1 Å². The predicted molar refractivity (Wildman–Crippen MR) is 95.8 cm³/mol. The van der Waals surface area contributed by atoms with E-state index in [-0.39, 0.29) is 11.7 Å². The first-order valence-electron chi connectivity index (χ1n) is 8.44. The van der Waals surface area contributed by atoms with Crippen molar-refractivity contribution in [3.05, 3.63) is 20.8 Å².